The van der Waals surface area contributed by atoms with Crippen molar-refractivity contribution in [3.63, 3.8) is 0 Å². The van der Waals surface area contributed by atoms with Gasteiger partial charge in [0.25, 0.3) is 0 Å². The summed E-state index contributed by atoms with van der Waals surface area (Å²) >= 11 is -0.302. The zero-order valence-corrected chi connectivity index (χ0v) is 22.2. The molecular weight excluding hydrogens is 710 g/mol. The monoisotopic (exact) mass is 712 g/mol. The van der Waals surface area contributed by atoms with Gasteiger partial charge in [0.2, 0.25) is 11.6 Å². The summed E-state index contributed by atoms with van der Waals surface area (Å²) in [5.41, 5.74) is -13.3. The van der Waals surface area contributed by atoms with Crippen LogP contribution in [0.5, 0.6) is 0 Å². The van der Waals surface area contributed by atoms with Gasteiger partial charge in [0, 0.05) is 9.75 Å². The van der Waals surface area contributed by atoms with Crippen molar-refractivity contribution in [2.75, 3.05) is 0 Å². The fourth-order valence-corrected chi connectivity index (χ4v) is 5.46. The highest BCUT2D eigenvalue weighted by Crippen LogP contribution is 2.46. The van der Waals surface area contributed by atoms with Crippen LogP contribution in [0.4, 0.5) is 79.0 Å². The molecule has 0 saturated heterocycles. The van der Waals surface area contributed by atoms with Crippen LogP contribution in [0.1, 0.15) is 0 Å². The van der Waals surface area contributed by atoms with E-state index in [1.807, 2.05) is 0 Å². The summed E-state index contributed by atoms with van der Waals surface area (Å²) in [5, 5.41) is 0. The Kier molecular flexibility index (Phi) is 8.26. The van der Waals surface area contributed by atoms with Crippen LogP contribution < -0.4 is 0 Å². The Morgan fingerprint density at radius 2 is 0.362 bits per heavy atom. The fraction of sp³-hybridized carbons (Fsp3) is 0. The second kappa shape index (κ2) is 11.5. The first-order valence-corrected chi connectivity index (χ1v) is 12.5. The average Bonchev–Trinajstić information content (AvgIpc) is 3.51. The molecule has 5 aromatic rings. The highest BCUT2D eigenvalue weighted by Gasteiger charge is 2.37. The Morgan fingerprint density at radius 3 is 0.574 bits per heavy atom. The highest BCUT2D eigenvalue weighted by molar-refractivity contribution is 7.18. The van der Waals surface area contributed by atoms with Gasteiger partial charge in [0.15, 0.2) is 93.1 Å². The molecule has 19 heteroatoms. The lowest BCUT2D eigenvalue weighted by Gasteiger charge is -2.14. The molecule has 0 nitrogen and oxygen atoms in total. The van der Waals surface area contributed by atoms with E-state index in [4.69, 9.17) is 0 Å². The molecular formula is C28H2F18S. The zero-order chi connectivity index (χ0) is 35.1. The average molecular weight is 712 g/mol. The zero-order valence-electron chi connectivity index (χ0n) is 21.4. The van der Waals surface area contributed by atoms with Crippen LogP contribution in [-0.4, -0.2) is 0 Å². The van der Waals surface area contributed by atoms with Crippen LogP contribution >= 0.6 is 11.3 Å². The standard InChI is InChI=1S/C28H2F18S/c29-11-5(12(30)16(34)7(15(11)33)9-19(37)23(41)27(45)24(42)20(9)38)3-1-2-4(47-3)6-13(31)17(35)8(18(36)14(6)32)10-21(39)25(43)28(46)26(44)22(10)40/h1-2H. The third-order valence-electron chi connectivity index (χ3n) is 6.55. The summed E-state index contributed by atoms with van der Waals surface area (Å²) in [6, 6.07) is 0.816. The van der Waals surface area contributed by atoms with Crippen molar-refractivity contribution in [2.45, 2.75) is 0 Å². The van der Waals surface area contributed by atoms with E-state index < -0.39 is 148 Å². The number of thiophene rings is 1. The molecule has 0 unspecified atom stereocenters. The summed E-state index contributed by atoms with van der Waals surface area (Å²) in [6.07, 6.45) is 0. The van der Waals surface area contributed by atoms with Crippen LogP contribution in [0.2, 0.25) is 0 Å². The molecule has 0 atom stereocenters. The largest absolute Gasteiger partial charge is 0.203 e. The lowest BCUT2D eigenvalue weighted by molar-refractivity contribution is 0.379. The number of hydrogen-bond acceptors (Lipinski definition) is 1. The minimum Gasteiger partial charge on any atom is -0.203 e. The van der Waals surface area contributed by atoms with Gasteiger partial charge in [-0.15, -0.1) is 11.3 Å². The molecule has 0 radical (unpaired) electrons. The number of benzene rings is 4. The minimum atomic E-state index is -2.83. The van der Waals surface area contributed by atoms with Gasteiger partial charge >= 0.3 is 0 Å². The van der Waals surface area contributed by atoms with Gasteiger partial charge in [-0.1, -0.05) is 0 Å². The van der Waals surface area contributed by atoms with E-state index >= 15 is 17.6 Å². The van der Waals surface area contributed by atoms with E-state index in [0.717, 1.165) is 0 Å². The smallest absolute Gasteiger partial charge is 0.200 e. The topological polar surface area (TPSA) is 0 Å². The summed E-state index contributed by atoms with van der Waals surface area (Å²) in [4.78, 5) is -2.19. The van der Waals surface area contributed by atoms with Gasteiger partial charge in [-0.2, -0.15) is 0 Å². The minimum absolute atomic E-state index is 0.302. The molecule has 1 aromatic heterocycles. The van der Waals surface area contributed by atoms with E-state index in [9.17, 15) is 61.5 Å². The van der Waals surface area contributed by atoms with Crippen molar-refractivity contribution < 1.29 is 79.0 Å². The molecule has 0 aliphatic heterocycles. The Hall–Kier alpha value is -4.68. The van der Waals surface area contributed by atoms with Gasteiger partial charge < -0.3 is 0 Å². The predicted molar refractivity (Wildman–Crippen MR) is 125 cm³/mol. The molecule has 0 amide bonds. The van der Waals surface area contributed by atoms with E-state index in [1.54, 1.807) is 0 Å². The first-order valence-electron chi connectivity index (χ1n) is 11.7. The van der Waals surface area contributed by atoms with Crippen LogP contribution in [0.3, 0.4) is 0 Å². The van der Waals surface area contributed by atoms with Crippen molar-refractivity contribution in [2.24, 2.45) is 0 Å². The Labute approximate surface area is 250 Å². The van der Waals surface area contributed by atoms with Crippen LogP contribution in [-0.2, 0) is 0 Å². The lowest BCUT2D eigenvalue weighted by Crippen LogP contribution is -2.09. The third kappa shape index (κ3) is 4.72. The molecule has 0 saturated carbocycles. The Bertz CT molecular complexity index is 1920. The van der Waals surface area contributed by atoms with Crippen molar-refractivity contribution in [1.82, 2.24) is 0 Å². The molecule has 5 rings (SSSR count). The van der Waals surface area contributed by atoms with E-state index in [2.05, 4.69) is 0 Å². The second-order valence-corrected chi connectivity index (χ2v) is 10.1. The van der Waals surface area contributed by atoms with Crippen molar-refractivity contribution >= 4 is 11.3 Å². The molecule has 0 aliphatic carbocycles. The Morgan fingerprint density at radius 1 is 0.213 bits per heavy atom. The normalized spacial score (nSPS) is 11.6. The van der Waals surface area contributed by atoms with Crippen LogP contribution in [0.15, 0.2) is 12.1 Å². The molecule has 0 aliphatic rings. The van der Waals surface area contributed by atoms with Gasteiger partial charge in [-0.25, -0.2) is 79.0 Å². The number of halogens is 18. The summed E-state index contributed by atoms with van der Waals surface area (Å²) in [7, 11) is 0. The Balaban J connectivity index is 1.70. The first kappa shape index (κ1) is 33.7. The summed E-state index contributed by atoms with van der Waals surface area (Å²) in [5.74, 6) is -49.4. The maximum atomic E-state index is 15.0. The van der Waals surface area contributed by atoms with Gasteiger partial charge in [0.05, 0.1) is 33.4 Å². The molecule has 0 spiro atoms. The van der Waals surface area contributed by atoms with Gasteiger partial charge in [-0.3, -0.25) is 0 Å². The molecule has 47 heavy (non-hydrogen) atoms. The van der Waals surface area contributed by atoms with E-state index in [-0.39, 0.29) is 11.3 Å². The number of rotatable bonds is 4. The highest BCUT2D eigenvalue weighted by atomic mass is 32.1. The lowest BCUT2D eigenvalue weighted by atomic mass is 9.98. The van der Waals surface area contributed by atoms with Crippen molar-refractivity contribution in [3.8, 4) is 43.1 Å². The quantitative estimate of drug-likeness (QED) is 0.0989. The van der Waals surface area contributed by atoms with Crippen LogP contribution in [0.25, 0.3) is 43.1 Å². The van der Waals surface area contributed by atoms with Crippen LogP contribution in [0, 0.1) is 105 Å². The molecule has 0 bridgehead atoms. The van der Waals surface area contributed by atoms with Crippen molar-refractivity contribution in [3.05, 3.63) is 117 Å². The molecule has 4 aromatic carbocycles. The third-order valence-corrected chi connectivity index (χ3v) is 7.67. The van der Waals surface area contributed by atoms with Gasteiger partial charge in [0.1, 0.15) is 0 Å². The summed E-state index contributed by atoms with van der Waals surface area (Å²) in [6.45, 7) is 0. The van der Waals surface area contributed by atoms with Crippen molar-refractivity contribution in [1.29, 1.82) is 0 Å². The maximum Gasteiger partial charge on any atom is 0.200 e. The maximum absolute atomic E-state index is 15.0. The molecule has 0 N–H and O–H groups in total. The van der Waals surface area contributed by atoms with E-state index in [1.165, 1.54) is 0 Å². The number of hydrogen-bond donors (Lipinski definition) is 0. The van der Waals surface area contributed by atoms with Gasteiger partial charge in [-0.05, 0) is 12.1 Å². The fourth-order valence-electron chi connectivity index (χ4n) is 4.39. The molecule has 0 fully saturated rings. The van der Waals surface area contributed by atoms with E-state index in [0.29, 0.717) is 12.1 Å². The second-order valence-electron chi connectivity index (χ2n) is 9.07. The molecule has 246 valence electrons. The summed E-state index contributed by atoms with van der Waals surface area (Å²) < 4.78 is 258. The first-order chi connectivity index (χ1) is 21.9. The molecule has 1 heterocycles. The predicted octanol–water partition coefficient (Wildman–Crippen LogP) is 10.9. The SMILES string of the molecule is Fc1c(F)c(F)c(-c2c(F)c(F)c(-c3ccc(-c4c(F)c(F)c(-c5c(F)c(F)c(F)c(F)c5F)c(F)c4F)s3)c(F)c2F)c(F)c1F.